The summed E-state index contributed by atoms with van der Waals surface area (Å²) in [6.45, 7) is 4.36. The Morgan fingerprint density at radius 1 is 1.23 bits per heavy atom. The summed E-state index contributed by atoms with van der Waals surface area (Å²) in [6.07, 6.45) is 2.83. The zero-order valence-corrected chi connectivity index (χ0v) is 17.9. The van der Waals surface area contributed by atoms with Crippen molar-refractivity contribution in [3.63, 3.8) is 0 Å². The van der Waals surface area contributed by atoms with Crippen molar-refractivity contribution in [3.05, 3.63) is 54.6 Å². The monoisotopic (exact) mass is 445 g/mol. The van der Waals surface area contributed by atoms with Gasteiger partial charge in [-0.3, -0.25) is 14.1 Å². The molecule has 0 saturated heterocycles. The Labute approximate surface area is 174 Å². The number of halogens is 3. The van der Waals surface area contributed by atoms with Crippen LogP contribution in [0.5, 0.6) is 0 Å². The lowest BCUT2D eigenvalue weighted by molar-refractivity contribution is -0.174. The van der Waals surface area contributed by atoms with Crippen molar-refractivity contribution in [2.45, 2.75) is 51.2 Å². The maximum atomic E-state index is 12.8. The Balaban J connectivity index is 2.30. The van der Waals surface area contributed by atoms with Crippen LogP contribution in [0.4, 0.5) is 13.2 Å². The maximum absolute atomic E-state index is 12.8. The molecule has 0 spiro atoms. The molecule has 1 amide bonds. The number of carbonyl (C=O) groups excluding carboxylic acids is 1. The molecule has 0 saturated carbocycles. The molecule has 0 fully saturated rings. The zero-order chi connectivity index (χ0) is 22.6. The fraction of sp³-hybridized carbons (Fsp3) is 0.500. The number of nitrogens with one attached hydrogen (secondary N) is 1. The Kier molecular flexibility index (Phi) is 7.33. The summed E-state index contributed by atoms with van der Waals surface area (Å²) in [6, 6.07) is 4.49. The number of nitrogens with zero attached hydrogens (tertiary/aromatic N) is 2. The molecular weight excluding hydrogens is 419 g/mol. The van der Waals surface area contributed by atoms with Crippen LogP contribution >= 0.6 is 0 Å². The molecule has 1 N–H and O–H groups in total. The lowest BCUT2D eigenvalue weighted by atomic mass is 9.76. The number of rotatable bonds is 8. The summed E-state index contributed by atoms with van der Waals surface area (Å²) in [5.41, 5.74) is -0.488. The second-order valence-electron chi connectivity index (χ2n) is 7.36. The average Bonchev–Trinajstić information content (AvgIpc) is 2.67. The van der Waals surface area contributed by atoms with Gasteiger partial charge in [-0.2, -0.15) is 13.2 Å². The molecule has 1 unspecified atom stereocenters. The molecule has 2 rings (SSSR count). The van der Waals surface area contributed by atoms with Crippen molar-refractivity contribution < 1.29 is 26.4 Å². The van der Waals surface area contributed by atoms with Gasteiger partial charge in [-0.25, -0.2) is 8.42 Å². The van der Waals surface area contributed by atoms with E-state index in [-0.39, 0.29) is 5.75 Å². The third-order valence-corrected chi connectivity index (χ3v) is 6.84. The van der Waals surface area contributed by atoms with Crippen LogP contribution in [0.1, 0.15) is 39.3 Å². The molecule has 0 aliphatic carbocycles. The van der Waals surface area contributed by atoms with Crippen molar-refractivity contribution in [2.75, 3.05) is 5.75 Å². The number of sulfonamides is 1. The van der Waals surface area contributed by atoms with E-state index in [0.29, 0.717) is 12.1 Å². The zero-order valence-electron chi connectivity index (χ0n) is 17.1. The minimum absolute atomic E-state index is 0.0279. The number of alkyl halides is 3. The fourth-order valence-electron chi connectivity index (χ4n) is 3.16. The molecule has 0 bridgehead atoms. The smallest absolute Gasteiger partial charge is 0.352 e. The molecule has 2 atom stereocenters. The summed E-state index contributed by atoms with van der Waals surface area (Å²) in [4.78, 5) is 16.6. The van der Waals surface area contributed by atoms with E-state index in [1.807, 2.05) is 0 Å². The quantitative estimate of drug-likeness (QED) is 0.664. The Hall–Kier alpha value is -2.36. The highest BCUT2D eigenvalue weighted by atomic mass is 32.2. The van der Waals surface area contributed by atoms with Crippen molar-refractivity contribution in [2.24, 2.45) is 5.92 Å². The number of pyridine rings is 1. The van der Waals surface area contributed by atoms with E-state index >= 15 is 0 Å². The van der Waals surface area contributed by atoms with Gasteiger partial charge in [-0.1, -0.05) is 19.9 Å². The molecule has 166 valence electrons. The fourth-order valence-corrected chi connectivity index (χ4v) is 4.38. The molecule has 30 heavy (non-hydrogen) atoms. The van der Waals surface area contributed by atoms with E-state index in [9.17, 15) is 26.4 Å². The van der Waals surface area contributed by atoms with Gasteiger partial charge in [0.1, 0.15) is 0 Å². The second kappa shape index (κ2) is 9.20. The van der Waals surface area contributed by atoms with Gasteiger partial charge >= 0.3 is 6.18 Å². The molecule has 2 heterocycles. The third kappa shape index (κ3) is 5.41. The molecular formula is C20H26F3N3O3S. The van der Waals surface area contributed by atoms with Crippen molar-refractivity contribution >= 4 is 15.9 Å². The normalized spacial score (nSPS) is 18.1. The Morgan fingerprint density at radius 2 is 1.87 bits per heavy atom. The van der Waals surface area contributed by atoms with Gasteiger partial charge in [0.25, 0.3) is 0 Å². The molecule has 1 aromatic rings. The van der Waals surface area contributed by atoms with E-state index in [2.05, 4.69) is 10.3 Å². The van der Waals surface area contributed by atoms with Crippen molar-refractivity contribution in [3.8, 4) is 0 Å². The van der Waals surface area contributed by atoms with Gasteiger partial charge in [-0.05, 0) is 37.6 Å². The summed E-state index contributed by atoms with van der Waals surface area (Å²) in [5, 5.41) is 2.62. The first kappa shape index (κ1) is 23.9. The lowest BCUT2D eigenvalue weighted by Gasteiger charge is -2.37. The first-order valence-corrected chi connectivity index (χ1v) is 11.2. The predicted octanol–water partition coefficient (Wildman–Crippen LogP) is 3.50. The lowest BCUT2D eigenvalue weighted by Crippen LogP contribution is -2.49. The number of aromatic nitrogens is 1. The average molecular weight is 446 g/mol. The number of carbonyl (C=O) groups is 1. The van der Waals surface area contributed by atoms with Gasteiger partial charge in [0.15, 0.2) is 0 Å². The van der Waals surface area contributed by atoms with Crippen LogP contribution in [0.25, 0.3) is 0 Å². The largest absolute Gasteiger partial charge is 0.392 e. The van der Waals surface area contributed by atoms with Crippen LogP contribution in [0.15, 0.2) is 48.9 Å². The van der Waals surface area contributed by atoms with Crippen LogP contribution in [-0.4, -0.2) is 41.6 Å². The first-order chi connectivity index (χ1) is 13.9. The first-order valence-electron chi connectivity index (χ1n) is 9.60. The SMILES string of the molecule is CCCS(=O)(=O)N1C=CC(c2ccccn2)([C@H](C)NC(=O)CC(C)C(F)(F)F)C=C1. The molecule has 10 heteroatoms. The molecule has 1 aliphatic heterocycles. The van der Waals surface area contributed by atoms with Gasteiger partial charge in [0, 0.05) is 31.1 Å². The Morgan fingerprint density at radius 3 is 2.37 bits per heavy atom. The highest BCUT2D eigenvalue weighted by Gasteiger charge is 2.40. The summed E-state index contributed by atoms with van der Waals surface area (Å²) >= 11 is 0. The summed E-state index contributed by atoms with van der Waals surface area (Å²) in [7, 11) is -3.52. The van der Waals surface area contributed by atoms with Crippen LogP contribution in [0.3, 0.4) is 0 Å². The van der Waals surface area contributed by atoms with Crippen LogP contribution in [-0.2, 0) is 20.2 Å². The van der Waals surface area contributed by atoms with Crippen LogP contribution in [0.2, 0.25) is 0 Å². The molecule has 1 aromatic heterocycles. The minimum atomic E-state index is -4.46. The van der Waals surface area contributed by atoms with Crippen molar-refractivity contribution in [1.82, 2.24) is 14.6 Å². The number of hydrogen-bond acceptors (Lipinski definition) is 4. The third-order valence-electron chi connectivity index (χ3n) is 5.03. The summed E-state index contributed by atoms with van der Waals surface area (Å²) in [5.74, 6) is -2.55. The van der Waals surface area contributed by atoms with Crippen LogP contribution in [0, 0.1) is 5.92 Å². The molecule has 0 radical (unpaired) electrons. The van der Waals surface area contributed by atoms with E-state index < -0.39 is 45.9 Å². The highest BCUT2D eigenvalue weighted by molar-refractivity contribution is 7.89. The van der Waals surface area contributed by atoms with E-state index in [4.69, 9.17) is 0 Å². The van der Waals surface area contributed by atoms with Gasteiger partial charge in [0.2, 0.25) is 15.9 Å². The molecule has 6 nitrogen and oxygen atoms in total. The van der Waals surface area contributed by atoms with Gasteiger partial charge in [-0.15, -0.1) is 0 Å². The van der Waals surface area contributed by atoms with E-state index in [0.717, 1.165) is 11.2 Å². The van der Waals surface area contributed by atoms with E-state index in [1.165, 1.54) is 12.4 Å². The predicted molar refractivity (Wildman–Crippen MR) is 108 cm³/mol. The molecule has 0 aromatic carbocycles. The van der Waals surface area contributed by atoms with Gasteiger partial charge < -0.3 is 5.32 Å². The Bertz CT molecular complexity index is 885. The van der Waals surface area contributed by atoms with E-state index in [1.54, 1.807) is 50.4 Å². The summed E-state index contributed by atoms with van der Waals surface area (Å²) < 4.78 is 64.1. The van der Waals surface area contributed by atoms with Crippen LogP contribution < -0.4 is 5.32 Å². The second-order valence-corrected chi connectivity index (χ2v) is 9.36. The molecule has 1 aliphatic rings. The number of hydrogen-bond donors (Lipinski definition) is 1. The maximum Gasteiger partial charge on any atom is 0.392 e. The number of amides is 1. The van der Waals surface area contributed by atoms with Crippen molar-refractivity contribution in [1.29, 1.82) is 0 Å². The topological polar surface area (TPSA) is 79.4 Å². The van der Waals surface area contributed by atoms with Gasteiger partial charge in [0.05, 0.1) is 22.8 Å². The highest BCUT2D eigenvalue weighted by Crippen LogP contribution is 2.34. The standard InChI is InChI=1S/C20H26F3N3O3S/c1-4-13-30(28,29)26-11-8-19(9-12-26,17-7-5-6-10-24-17)16(3)25-18(27)14-15(2)20(21,22)23/h5-12,15-16H,4,13-14H2,1-3H3,(H,25,27)/t15?,16-/m0/s1. The minimum Gasteiger partial charge on any atom is -0.352 e.